The van der Waals surface area contributed by atoms with E-state index in [-0.39, 0.29) is 11.4 Å². The zero-order valence-corrected chi connectivity index (χ0v) is 11.3. The van der Waals surface area contributed by atoms with Gasteiger partial charge in [-0.25, -0.2) is 0 Å². The molecule has 5 heteroatoms. The lowest BCUT2D eigenvalue weighted by Gasteiger charge is -2.18. The molecule has 1 aromatic rings. The summed E-state index contributed by atoms with van der Waals surface area (Å²) < 4.78 is 0. The van der Waals surface area contributed by atoms with Crippen LogP contribution in [0, 0.1) is 11.3 Å². The van der Waals surface area contributed by atoms with Gasteiger partial charge in [-0.1, -0.05) is 30.3 Å². The van der Waals surface area contributed by atoms with Crippen LogP contribution in [-0.2, 0) is 11.3 Å². The molecule has 0 saturated carbocycles. The second-order valence-electron chi connectivity index (χ2n) is 4.73. The second-order valence-corrected chi connectivity index (χ2v) is 4.73. The van der Waals surface area contributed by atoms with E-state index in [0.717, 1.165) is 31.5 Å². The van der Waals surface area contributed by atoms with Crippen molar-refractivity contribution in [1.82, 2.24) is 10.2 Å². The number of carbonyl (C=O) groups excluding carboxylic acids is 1. The fraction of sp³-hybridized carbons (Fsp3) is 0.333. The zero-order valence-electron chi connectivity index (χ0n) is 11.3. The summed E-state index contributed by atoms with van der Waals surface area (Å²) in [6, 6.07) is 11.5. The van der Waals surface area contributed by atoms with Crippen molar-refractivity contribution >= 4 is 5.91 Å². The minimum Gasteiger partial charge on any atom is -0.384 e. The van der Waals surface area contributed by atoms with Crippen LogP contribution in [0.3, 0.4) is 0 Å². The quantitative estimate of drug-likeness (QED) is 0.634. The van der Waals surface area contributed by atoms with Crippen molar-refractivity contribution in [1.29, 1.82) is 5.26 Å². The van der Waals surface area contributed by atoms with E-state index in [9.17, 15) is 4.79 Å². The number of nitrogens with two attached hydrogens (primary N) is 1. The van der Waals surface area contributed by atoms with Crippen LogP contribution < -0.4 is 11.1 Å². The summed E-state index contributed by atoms with van der Waals surface area (Å²) in [6.07, 6.45) is 2.09. The van der Waals surface area contributed by atoms with E-state index in [1.807, 2.05) is 41.3 Å². The Morgan fingerprint density at radius 1 is 1.30 bits per heavy atom. The van der Waals surface area contributed by atoms with Gasteiger partial charge in [-0.05, 0) is 18.4 Å². The molecule has 0 spiro atoms. The number of carbonyl (C=O) groups is 1. The van der Waals surface area contributed by atoms with Gasteiger partial charge in [-0.2, -0.15) is 5.26 Å². The molecule has 0 aliphatic carbocycles. The van der Waals surface area contributed by atoms with Crippen molar-refractivity contribution in [2.24, 2.45) is 5.73 Å². The normalized spacial score (nSPS) is 15.4. The van der Waals surface area contributed by atoms with Crippen molar-refractivity contribution in [2.45, 2.75) is 19.4 Å². The molecule has 2 rings (SSSR count). The molecule has 1 heterocycles. The highest BCUT2D eigenvalue weighted by atomic mass is 16.1. The topological polar surface area (TPSA) is 82.1 Å². The van der Waals surface area contributed by atoms with Gasteiger partial charge < -0.3 is 16.0 Å². The second kappa shape index (κ2) is 6.62. The standard InChI is InChI=1S/C15H18N4O/c16-10-13(14(17)19-8-4-5-9-19)15(20)18-11-12-6-2-1-3-7-12/h1-3,6-7H,4-5,8-9,11,17H2,(H,18,20)/b14-13+. The predicted molar refractivity (Wildman–Crippen MR) is 75.9 cm³/mol. The molecule has 104 valence electrons. The van der Waals surface area contributed by atoms with Gasteiger partial charge >= 0.3 is 0 Å². The van der Waals surface area contributed by atoms with Crippen molar-refractivity contribution in [3.63, 3.8) is 0 Å². The van der Waals surface area contributed by atoms with E-state index in [0.29, 0.717) is 6.54 Å². The van der Waals surface area contributed by atoms with Crippen molar-refractivity contribution in [3.8, 4) is 6.07 Å². The van der Waals surface area contributed by atoms with Gasteiger partial charge in [0, 0.05) is 19.6 Å². The highest BCUT2D eigenvalue weighted by Crippen LogP contribution is 2.14. The molecular weight excluding hydrogens is 252 g/mol. The highest BCUT2D eigenvalue weighted by molar-refractivity contribution is 5.97. The van der Waals surface area contributed by atoms with Gasteiger partial charge in [0.2, 0.25) is 0 Å². The van der Waals surface area contributed by atoms with Gasteiger partial charge in [0.1, 0.15) is 11.9 Å². The molecule has 1 aliphatic heterocycles. The maximum atomic E-state index is 12.0. The maximum absolute atomic E-state index is 12.0. The minimum absolute atomic E-state index is 0.00262. The Morgan fingerprint density at radius 2 is 1.95 bits per heavy atom. The number of nitrogens with one attached hydrogen (secondary N) is 1. The summed E-state index contributed by atoms with van der Waals surface area (Å²) in [7, 11) is 0. The molecule has 0 aromatic heterocycles. The van der Waals surface area contributed by atoms with Gasteiger partial charge in [-0.3, -0.25) is 4.79 Å². The number of nitriles is 1. The average molecular weight is 270 g/mol. The van der Waals surface area contributed by atoms with Crippen LogP contribution >= 0.6 is 0 Å². The van der Waals surface area contributed by atoms with Crippen LogP contribution in [0.2, 0.25) is 0 Å². The van der Waals surface area contributed by atoms with Gasteiger partial charge in [0.05, 0.1) is 0 Å². The predicted octanol–water partition coefficient (Wildman–Crippen LogP) is 1.09. The number of rotatable bonds is 4. The largest absolute Gasteiger partial charge is 0.384 e. The molecule has 20 heavy (non-hydrogen) atoms. The third-order valence-corrected chi connectivity index (χ3v) is 3.34. The molecule has 0 unspecified atom stereocenters. The van der Waals surface area contributed by atoms with Crippen LogP contribution in [-0.4, -0.2) is 23.9 Å². The lowest BCUT2D eigenvalue weighted by molar-refractivity contribution is -0.117. The average Bonchev–Trinajstić information content (AvgIpc) is 3.01. The van der Waals surface area contributed by atoms with Crippen LogP contribution in [0.15, 0.2) is 41.7 Å². The first-order valence-corrected chi connectivity index (χ1v) is 6.69. The number of benzene rings is 1. The fourth-order valence-corrected chi connectivity index (χ4v) is 2.21. The Labute approximate surface area is 118 Å². The number of amides is 1. The fourth-order valence-electron chi connectivity index (χ4n) is 2.21. The molecular formula is C15H18N4O. The van der Waals surface area contributed by atoms with E-state index in [4.69, 9.17) is 11.0 Å². The molecule has 1 aromatic carbocycles. The third kappa shape index (κ3) is 3.29. The summed E-state index contributed by atoms with van der Waals surface area (Å²) in [5.74, 6) is -0.128. The van der Waals surface area contributed by atoms with Crippen molar-refractivity contribution in [3.05, 3.63) is 47.3 Å². The van der Waals surface area contributed by atoms with E-state index < -0.39 is 5.91 Å². The van der Waals surface area contributed by atoms with E-state index in [2.05, 4.69) is 5.32 Å². The Balaban J connectivity index is 2.02. The highest BCUT2D eigenvalue weighted by Gasteiger charge is 2.20. The van der Waals surface area contributed by atoms with Crippen LogP contribution in [0.1, 0.15) is 18.4 Å². The molecule has 5 nitrogen and oxygen atoms in total. The first-order chi connectivity index (χ1) is 9.72. The molecule has 1 amide bonds. The molecule has 3 N–H and O–H groups in total. The lowest BCUT2D eigenvalue weighted by atomic mass is 10.2. The van der Waals surface area contributed by atoms with E-state index >= 15 is 0 Å². The molecule has 0 radical (unpaired) electrons. The van der Waals surface area contributed by atoms with Crippen LogP contribution in [0.25, 0.3) is 0 Å². The Kier molecular flexibility index (Phi) is 4.61. The van der Waals surface area contributed by atoms with Crippen molar-refractivity contribution in [2.75, 3.05) is 13.1 Å². The summed E-state index contributed by atoms with van der Waals surface area (Å²) >= 11 is 0. The summed E-state index contributed by atoms with van der Waals surface area (Å²) in [4.78, 5) is 13.9. The molecule has 0 atom stereocenters. The van der Waals surface area contributed by atoms with E-state index in [1.54, 1.807) is 0 Å². The Hall–Kier alpha value is -2.48. The maximum Gasteiger partial charge on any atom is 0.265 e. The number of hydrogen-bond acceptors (Lipinski definition) is 4. The Morgan fingerprint density at radius 3 is 2.55 bits per heavy atom. The molecule has 1 fully saturated rings. The summed E-state index contributed by atoms with van der Waals surface area (Å²) in [6.45, 7) is 2.00. The van der Waals surface area contributed by atoms with Crippen LogP contribution in [0.5, 0.6) is 0 Å². The Bertz CT molecular complexity index is 539. The molecule has 1 saturated heterocycles. The summed E-state index contributed by atoms with van der Waals surface area (Å²) in [5, 5.41) is 11.9. The number of hydrogen-bond donors (Lipinski definition) is 2. The monoisotopic (exact) mass is 270 g/mol. The van der Waals surface area contributed by atoms with Gasteiger partial charge in [0.15, 0.2) is 5.57 Å². The lowest BCUT2D eigenvalue weighted by Crippen LogP contribution is -2.32. The zero-order chi connectivity index (χ0) is 14.4. The SMILES string of the molecule is N#C/C(C(=O)NCc1ccccc1)=C(/N)N1CCCC1. The first-order valence-electron chi connectivity index (χ1n) is 6.69. The van der Waals surface area contributed by atoms with Crippen LogP contribution in [0.4, 0.5) is 0 Å². The number of nitrogens with zero attached hydrogens (tertiary/aromatic N) is 2. The van der Waals surface area contributed by atoms with Gasteiger partial charge in [0.25, 0.3) is 5.91 Å². The number of likely N-dealkylation sites (tertiary alicyclic amines) is 1. The van der Waals surface area contributed by atoms with Crippen molar-refractivity contribution < 1.29 is 4.79 Å². The third-order valence-electron chi connectivity index (χ3n) is 3.34. The van der Waals surface area contributed by atoms with E-state index in [1.165, 1.54) is 0 Å². The molecule has 1 aliphatic rings. The minimum atomic E-state index is -0.416. The first kappa shape index (κ1) is 13.9. The smallest absolute Gasteiger partial charge is 0.265 e. The molecule has 0 bridgehead atoms. The van der Waals surface area contributed by atoms with Gasteiger partial charge in [-0.15, -0.1) is 0 Å². The summed E-state index contributed by atoms with van der Waals surface area (Å²) in [5.41, 5.74) is 6.91.